The molecule has 10 heteroatoms. The van der Waals surface area contributed by atoms with Gasteiger partial charge in [0.25, 0.3) is 0 Å². The van der Waals surface area contributed by atoms with Gasteiger partial charge in [-0.2, -0.15) is 10.1 Å². The summed E-state index contributed by atoms with van der Waals surface area (Å²) in [6.07, 6.45) is 7.41. The number of hydrogen-bond donors (Lipinski definition) is 4. The summed E-state index contributed by atoms with van der Waals surface area (Å²) in [5, 5.41) is 21.4. The van der Waals surface area contributed by atoms with E-state index in [2.05, 4.69) is 56.9 Å². The predicted molar refractivity (Wildman–Crippen MR) is 130 cm³/mol. The number of fused-ring (bicyclic) bond motifs is 1. The van der Waals surface area contributed by atoms with Gasteiger partial charge in [-0.05, 0) is 44.4 Å². The summed E-state index contributed by atoms with van der Waals surface area (Å²) in [5.41, 5.74) is 2.06. The number of hydrogen-bond acceptors (Lipinski definition) is 7. The van der Waals surface area contributed by atoms with Crippen molar-refractivity contribution < 1.29 is 4.79 Å². The number of aromatic nitrogens is 5. The van der Waals surface area contributed by atoms with Crippen molar-refractivity contribution >= 4 is 29.5 Å². The van der Waals surface area contributed by atoms with Gasteiger partial charge in [-0.15, -0.1) is 5.10 Å². The highest BCUT2D eigenvalue weighted by atomic mass is 16.1. The molecule has 2 fully saturated rings. The van der Waals surface area contributed by atoms with Gasteiger partial charge in [-0.1, -0.05) is 20.8 Å². The molecule has 3 aromatic heterocycles. The predicted octanol–water partition coefficient (Wildman–Crippen LogP) is 2.58. The smallest absolute Gasteiger partial charge is 0.245 e. The first kappa shape index (κ1) is 23.0. The minimum Gasteiger partial charge on any atom is -0.355 e. The van der Waals surface area contributed by atoms with Crippen LogP contribution in [0.15, 0.2) is 24.4 Å². The fraction of sp³-hybridized carbons (Fsp3) is 0.565. The molecule has 0 aliphatic carbocycles. The summed E-state index contributed by atoms with van der Waals surface area (Å²) in [7, 11) is 0. The summed E-state index contributed by atoms with van der Waals surface area (Å²) in [4.78, 5) is 16.9. The molecular formula is C23H35N9O. The molecule has 3 aromatic rings. The van der Waals surface area contributed by atoms with Crippen molar-refractivity contribution in [2.45, 2.75) is 57.9 Å². The van der Waals surface area contributed by atoms with Crippen molar-refractivity contribution in [3.05, 3.63) is 30.1 Å². The average Bonchev–Trinajstić information content (AvgIpc) is 3.56. The molecule has 2 aliphatic rings. The minimum absolute atomic E-state index is 0.0314. The Hall–Kier alpha value is -3.14. The second kappa shape index (κ2) is 10.2. The molecule has 1 amide bonds. The number of amides is 1. The standard InChI is InChI=1S/C17H23N7.C6H12N2O/c1-17(2,3)13-11-14(21-20-13)18-15-12-7-6-10-24(12)22-16(19-15)23-8-4-5-9-23;9-5-8-6-2-1-3-7-4-6/h6-7,10-11H,4-5,8-9H2,1-3H3,(H2,18,19,20,21,22);5-7H,1-4H2,(H,8,9)/t;6-/m.1/s1. The van der Waals surface area contributed by atoms with Crippen LogP contribution >= 0.6 is 0 Å². The van der Waals surface area contributed by atoms with E-state index in [0.29, 0.717) is 6.04 Å². The first-order valence-electron chi connectivity index (χ1n) is 11.8. The number of carbonyl (C=O) groups is 1. The first-order chi connectivity index (χ1) is 15.9. The van der Waals surface area contributed by atoms with Crippen molar-refractivity contribution in [2.24, 2.45) is 0 Å². The molecule has 1 atom stereocenters. The van der Waals surface area contributed by atoms with Crippen molar-refractivity contribution in [1.29, 1.82) is 0 Å². The van der Waals surface area contributed by atoms with Crippen LogP contribution in [0, 0.1) is 0 Å². The molecule has 10 nitrogen and oxygen atoms in total. The third-order valence-electron chi connectivity index (χ3n) is 6.00. The van der Waals surface area contributed by atoms with Gasteiger partial charge in [0.05, 0.1) is 0 Å². The zero-order chi connectivity index (χ0) is 23.3. The number of nitrogens with one attached hydrogen (secondary N) is 4. The Bertz CT molecular complexity index is 1040. The van der Waals surface area contributed by atoms with E-state index in [-0.39, 0.29) is 5.41 Å². The highest BCUT2D eigenvalue weighted by Crippen LogP contribution is 2.26. The van der Waals surface area contributed by atoms with Crippen LogP contribution in [0.25, 0.3) is 5.52 Å². The lowest BCUT2D eigenvalue weighted by Gasteiger charge is -2.21. The van der Waals surface area contributed by atoms with Crippen LogP contribution in [0.2, 0.25) is 0 Å². The lowest BCUT2D eigenvalue weighted by molar-refractivity contribution is -0.110. The molecule has 0 spiro atoms. The summed E-state index contributed by atoms with van der Waals surface area (Å²) < 4.78 is 1.88. The maximum absolute atomic E-state index is 9.93. The van der Waals surface area contributed by atoms with Gasteiger partial charge in [0, 0.05) is 49.0 Å². The van der Waals surface area contributed by atoms with Crippen LogP contribution in [0.1, 0.15) is 52.1 Å². The fourth-order valence-electron chi connectivity index (χ4n) is 4.05. The fourth-order valence-corrected chi connectivity index (χ4v) is 4.05. The van der Waals surface area contributed by atoms with Gasteiger partial charge < -0.3 is 20.9 Å². The molecule has 0 saturated carbocycles. The minimum atomic E-state index is 0.0314. The van der Waals surface area contributed by atoms with Gasteiger partial charge in [0.2, 0.25) is 12.4 Å². The monoisotopic (exact) mass is 453 g/mol. The van der Waals surface area contributed by atoms with Crippen LogP contribution < -0.4 is 20.9 Å². The quantitative estimate of drug-likeness (QED) is 0.439. The Morgan fingerprint density at radius 1 is 1.21 bits per heavy atom. The van der Waals surface area contributed by atoms with E-state index in [4.69, 9.17) is 4.98 Å². The molecule has 0 bridgehead atoms. The molecule has 0 unspecified atom stereocenters. The Kier molecular flexibility index (Phi) is 7.12. The van der Waals surface area contributed by atoms with E-state index in [0.717, 1.165) is 67.8 Å². The Morgan fingerprint density at radius 2 is 2.03 bits per heavy atom. The number of anilines is 3. The molecule has 2 aliphatic heterocycles. The molecule has 2 saturated heterocycles. The highest BCUT2D eigenvalue weighted by molar-refractivity contribution is 5.73. The molecule has 0 aromatic carbocycles. The molecule has 178 valence electrons. The zero-order valence-electron chi connectivity index (χ0n) is 19.8. The molecule has 5 rings (SSSR count). The molecule has 33 heavy (non-hydrogen) atoms. The van der Waals surface area contributed by atoms with E-state index < -0.39 is 0 Å². The number of rotatable bonds is 5. The van der Waals surface area contributed by atoms with Gasteiger partial charge in [-0.3, -0.25) is 9.89 Å². The van der Waals surface area contributed by atoms with E-state index in [9.17, 15) is 4.79 Å². The lowest BCUT2D eigenvalue weighted by atomic mass is 9.92. The molecule has 5 heterocycles. The van der Waals surface area contributed by atoms with E-state index in [1.54, 1.807) is 0 Å². The van der Waals surface area contributed by atoms with Crippen LogP contribution in [0.3, 0.4) is 0 Å². The summed E-state index contributed by atoms with van der Waals surface area (Å²) in [6, 6.07) is 6.40. The van der Waals surface area contributed by atoms with Crippen molar-refractivity contribution in [1.82, 2.24) is 35.4 Å². The lowest BCUT2D eigenvalue weighted by Crippen LogP contribution is -2.42. The zero-order valence-corrected chi connectivity index (χ0v) is 19.8. The van der Waals surface area contributed by atoms with Crippen LogP contribution in [0.4, 0.5) is 17.6 Å². The van der Waals surface area contributed by atoms with Crippen molar-refractivity contribution in [3.8, 4) is 0 Å². The SMILES string of the molecule is CC(C)(C)c1cc(Nc2nc(N3CCCC3)nn3cccc23)n[nH]1.O=CN[C@@H]1CCCNC1. The van der Waals surface area contributed by atoms with Gasteiger partial charge >= 0.3 is 0 Å². The van der Waals surface area contributed by atoms with Gasteiger partial charge in [0.1, 0.15) is 5.52 Å². The number of nitrogens with zero attached hydrogens (tertiary/aromatic N) is 5. The van der Waals surface area contributed by atoms with E-state index in [1.807, 2.05) is 28.9 Å². The van der Waals surface area contributed by atoms with Crippen LogP contribution in [-0.4, -0.2) is 63.4 Å². The largest absolute Gasteiger partial charge is 0.355 e. The van der Waals surface area contributed by atoms with Crippen LogP contribution in [-0.2, 0) is 10.2 Å². The van der Waals surface area contributed by atoms with Crippen molar-refractivity contribution in [2.75, 3.05) is 36.4 Å². The molecule has 0 radical (unpaired) electrons. The number of piperidine rings is 1. The summed E-state index contributed by atoms with van der Waals surface area (Å²) in [6.45, 7) is 10.5. The van der Waals surface area contributed by atoms with Crippen molar-refractivity contribution in [3.63, 3.8) is 0 Å². The van der Waals surface area contributed by atoms with E-state index in [1.165, 1.54) is 19.3 Å². The third kappa shape index (κ3) is 5.81. The second-order valence-electron chi connectivity index (χ2n) is 9.66. The van der Waals surface area contributed by atoms with E-state index >= 15 is 0 Å². The summed E-state index contributed by atoms with van der Waals surface area (Å²) in [5.74, 6) is 2.32. The maximum Gasteiger partial charge on any atom is 0.245 e. The highest BCUT2D eigenvalue weighted by Gasteiger charge is 2.20. The normalized spacial score (nSPS) is 18.6. The Labute approximate surface area is 194 Å². The maximum atomic E-state index is 9.93. The third-order valence-corrected chi connectivity index (χ3v) is 6.00. The first-order valence-corrected chi connectivity index (χ1v) is 11.8. The molecular weight excluding hydrogens is 418 g/mol. The number of aromatic amines is 1. The van der Waals surface area contributed by atoms with Gasteiger partial charge in [-0.25, -0.2) is 4.52 Å². The topological polar surface area (TPSA) is 115 Å². The Morgan fingerprint density at radius 3 is 2.70 bits per heavy atom. The summed E-state index contributed by atoms with van der Waals surface area (Å²) >= 11 is 0. The number of H-pyrrole nitrogens is 1. The Balaban J connectivity index is 0.000000243. The van der Waals surface area contributed by atoms with Crippen LogP contribution in [0.5, 0.6) is 0 Å². The van der Waals surface area contributed by atoms with Gasteiger partial charge in [0.15, 0.2) is 11.6 Å². The average molecular weight is 454 g/mol. The molecule has 4 N–H and O–H groups in total. The second-order valence-corrected chi connectivity index (χ2v) is 9.66. The number of carbonyl (C=O) groups excluding carboxylic acids is 1.